The molecule has 2 fully saturated rings. The van der Waals surface area contributed by atoms with Gasteiger partial charge in [0.2, 0.25) is 5.91 Å². The second-order valence-corrected chi connectivity index (χ2v) is 5.07. The third-order valence-corrected chi connectivity index (χ3v) is 4.05. The third-order valence-electron chi connectivity index (χ3n) is 4.05. The highest BCUT2D eigenvalue weighted by atomic mass is 16.3. The van der Waals surface area contributed by atoms with Crippen LogP contribution in [0.15, 0.2) is 30.3 Å². The zero-order valence-electron chi connectivity index (χ0n) is 9.80. The summed E-state index contributed by atoms with van der Waals surface area (Å²) in [6.45, 7) is 0.459. The number of hydrogen-bond acceptors (Lipinski definition) is 2. The Bertz CT molecular complexity index is 431. The summed E-state index contributed by atoms with van der Waals surface area (Å²) in [6.07, 6.45) is 3.54. The van der Waals surface area contributed by atoms with E-state index >= 15 is 0 Å². The number of nitrogens with zero attached hydrogens (tertiary/aromatic N) is 1. The van der Waals surface area contributed by atoms with Gasteiger partial charge in [0.25, 0.3) is 0 Å². The predicted octanol–water partition coefficient (Wildman–Crippen LogP) is 1.66. The Labute approximate surface area is 101 Å². The first kappa shape index (κ1) is 10.8. The fourth-order valence-corrected chi connectivity index (χ4v) is 3.05. The van der Waals surface area contributed by atoms with Crippen molar-refractivity contribution in [3.8, 4) is 0 Å². The molecule has 0 bridgehead atoms. The lowest BCUT2D eigenvalue weighted by molar-refractivity contribution is -0.179. The predicted molar refractivity (Wildman–Crippen MR) is 64.3 cm³/mol. The fraction of sp³-hybridized carbons (Fsp3) is 0.500. The zero-order chi connectivity index (χ0) is 11.9. The Morgan fingerprint density at radius 3 is 2.76 bits per heavy atom. The molecule has 0 aromatic heterocycles. The standard InChI is InChI=1S/C14H17NO2/c16-13-9-5-4-8-12-14(17,10-15(12)13)11-6-2-1-3-7-11/h1-3,6-7,12,17H,4-5,8-10H2/t12-,14+/m0/s1. The Hall–Kier alpha value is -1.35. The summed E-state index contributed by atoms with van der Waals surface area (Å²) in [5.41, 5.74) is 0.123. The number of benzene rings is 1. The number of hydrogen-bond donors (Lipinski definition) is 1. The molecule has 0 radical (unpaired) electrons. The molecule has 0 aliphatic carbocycles. The average Bonchev–Trinajstić information content (AvgIpc) is 2.50. The van der Waals surface area contributed by atoms with Gasteiger partial charge in [-0.3, -0.25) is 4.79 Å². The summed E-state index contributed by atoms with van der Waals surface area (Å²) < 4.78 is 0. The lowest BCUT2D eigenvalue weighted by Gasteiger charge is -2.54. The first-order valence-electron chi connectivity index (χ1n) is 6.29. The van der Waals surface area contributed by atoms with Crippen LogP contribution in [0.4, 0.5) is 0 Å². The molecular weight excluding hydrogens is 214 g/mol. The summed E-state index contributed by atoms with van der Waals surface area (Å²) in [4.78, 5) is 13.7. The van der Waals surface area contributed by atoms with Gasteiger partial charge in [0.15, 0.2) is 0 Å². The van der Waals surface area contributed by atoms with Gasteiger partial charge in [0.1, 0.15) is 5.60 Å². The summed E-state index contributed by atoms with van der Waals surface area (Å²) in [5, 5.41) is 10.7. The molecule has 2 aliphatic heterocycles. The summed E-state index contributed by atoms with van der Waals surface area (Å²) in [6, 6.07) is 9.71. The number of rotatable bonds is 1. The molecule has 1 aromatic rings. The van der Waals surface area contributed by atoms with Gasteiger partial charge in [0, 0.05) is 6.42 Å². The molecule has 0 saturated carbocycles. The Morgan fingerprint density at radius 1 is 1.24 bits per heavy atom. The van der Waals surface area contributed by atoms with E-state index in [1.807, 2.05) is 35.2 Å². The molecule has 90 valence electrons. The van der Waals surface area contributed by atoms with Crippen molar-refractivity contribution in [2.75, 3.05) is 6.54 Å². The Morgan fingerprint density at radius 2 is 2.00 bits per heavy atom. The number of carbonyl (C=O) groups excluding carboxylic acids is 1. The van der Waals surface area contributed by atoms with Crippen molar-refractivity contribution < 1.29 is 9.90 Å². The van der Waals surface area contributed by atoms with Crippen LogP contribution in [0, 0.1) is 0 Å². The largest absolute Gasteiger partial charge is 0.381 e. The maximum atomic E-state index is 11.8. The van der Waals surface area contributed by atoms with Crippen molar-refractivity contribution in [1.29, 1.82) is 0 Å². The molecule has 0 unspecified atom stereocenters. The summed E-state index contributed by atoms with van der Waals surface area (Å²) >= 11 is 0. The molecule has 2 atom stereocenters. The summed E-state index contributed by atoms with van der Waals surface area (Å²) in [5.74, 6) is 0.202. The van der Waals surface area contributed by atoms with Gasteiger partial charge in [-0.25, -0.2) is 0 Å². The molecule has 2 aliphatic rings. The van der Waals surface area contributed by atoms with Crippen molar-refractivity contribution in [1.82, 2.24) is 4.90 Å². The van der Waals surface area contributed by atoms with Crippen molar-refractivity contribution in [2.45, 2.75) is 37.3 Å². The Balaban J connectivity index is 1.89. The molecule has 2 heterocycles. The topological polar surface area (TPSA) is 40.5 Å². The van der Waals surface area contributed by atoms with E-state index in [9.17, 15) is 9.90 Å². The van der Waals surface area contributed by atoms with Gasteiger partial charge in [-0.2, -0.15) is 0 Å². The van der Waals surface area contributed by atoms with Crippen molar-refractivity contribution in [3.63, 3.8) is 0 Å². The molecule has 3 rings (SSSR count). The maximum absolute atomic E-state index is 11.8. The van der Waals surface area contributed by atoms with E-state index in [1.54, 1.807) is 0 Å². The van der Waals surface area contributed by atoms with Gasteiger partial charge in [-0.1, -0.05) is 36.8 Å². The quantitative estimate of drug-likeness (QED) is 0.798. The molecule has 1 N–H and O–H groups in total. The van der Waals surface area contributed by atoms with Gasteiger partial charge >= 0.3 is 0 Å². The van der Waals surface area contributed by atoms with Crippen LogP contribution in [0.3, 0.4) is 0 Å². The van der Waals surface area contributed by atoms with Gasteiger partial charge < -0.3 is 10.0 Å². The van der Waals surface area contributed by atoms with Crippen LogP contribution < -0.4 is 0 Å². The normalized spacial score (nSPS) is 32.6. The minimum atomic E-state index is -0.818. The first-order valence-corrected chi connectivity index (χ1v) is 6.29. The third kappa shape index (κ3) is 1.57. The average molecular weight is 231 g/mol. The second-order valence-electron chi connectivity index (χ2n) is 5.07. The SMILES string of the molecule is O=C1CCCC[C@@H]2N1C[C@@]2(O)c1ccccc1. The maximum Gasteiger partial charge on any atom is 0.223 e. The molecule has 1 amide bonds. The zero-order valence-corrected chi connectivity index (χ0v) is 9.80. The highest BCUT2D eigenvalue weighted by Gasteiger charge is 2.54. The molecule has 0 spiro atoms. The van der Waals surface area contributed by atoms with E-state index in [-0.39, 0.29) is 11.9 Å². The number of fused-ring (bicyclic) bond motifs is 1. The lowest BCUT2D eigenvalue weighted by Crippen LogP contribution is -2.68. The highest BCUT2D eigenvalue weighted by molar-refractivity contribution is 5.78. The van der Waals surface area contributed by atoms with Gasteiger partial charge in [-0.05, 0) is 18.4 Å². The van der Waals surface area contributed by atoms with Crippen molar-refractivity contribution >= 4 is 5.91 Å². The summed E-state index contributed by atoms with van der Waals surface area (Å²) in [7, 11) is 0. The van der Waals surface area contributed by atoms with Crippen molar-refractivity contribution in [3.05, 3.63) is 35.9 Å². The van der Waals surface area contributed by atoms with E-state index in [1.165, 1.54) is 0 Å². The van der Waals surface area contributed by atoms with Crippen LogP contribution >= 0.6 is 0 Å². The smallest absolute Gasteiger partial charge is 0.223 e. The molecule has 1 aromatic carbocycles. The van der Waals surface area contributed by atoms with E-state index in [4.69, 9.17) is 0 Å². The van der Waals surface area contributed by atoms with Crippen LogP contribution in [0.25, 0.3) is 0 Å². The van der Waals surface area contributed by atoms with Gasteiger partial charge in [-0.15, -0.1) is 0 Å². The molecular formula is C14H17NO2. The highest BCUT2D eigenvalue weighted by Crippen LogP contribution is 2.42. The molecule has 2 saturated heterocycles. The van der Waals surface area contributed by atoms with E-state index in [0.717, 1.165) is 24.8 Å². The first-order chi connectivity index (χ1) is 8.22. The van der Waals surface area contributed by atoms with Crippen LogP contribution in [0.1, 0.15) is 31.2 Å². The van der Waals surface area contributed by atoms with Gasteiger partial charge in [0.05, 0.1) is 12.6 Å². The fourth-order valence-electron chi connectivity index (χ4n) is 3.05. The van der Waals surface area contributed by atoms with Crippen LogP contribution in [-0.4, -0.2) is 28.5 Å². The lowest BCUT2D eigenvalue weighted by atomic mass is 9.76. The second kappa shape index (κ2) is 3.84. The van der Waals surface area contributed by atoms with Crippen LogP contribution in [0.5, 0.6) is 0 Å². The van der Waals surface area contributed by atoms with E-state index in [0.29, 0.717) is 13.0 Å². The number of amides is 1. The molecule has 3 heteroatoms. The van der Waals surface area contributed by atoms with Crippen LogP contribution in [0.2, 0.25) is 0 Å². The van der Waals surface area contributed by atoms with Crippen molar-refractivity contribution in [2.24, 2.45) is 0 Å². The minimum absolute atomic E-state index is 0.0140. The number of aliphatic hydroxyl groups is 1. The minimum Gasteiger partial charge on any atom is -0.381 e. The molecule has 17 heavy (non-hydrogen) atoms. The number of carbonyl (C=O) groups is 1. The monoisotopic (exact) mass is 231 g/mol. The molecule has 3 nitrogen and oxygen atoms in total. The van der Waals surface area contributed by atoms with E-state index in [2.05, 4.69) is 0 Å². The Kier molecular flexibility index (Phi) is 2.44. The van der Waals surface area contributed by atoms with Crippen LogP contribution in [-0.2, 0) is 10.4 Å². The van der Waals surface area contributed by atoms with E-state index < -0.39 is 5.60 Å².